The Morgan fingerprint density at radius 2 is 1.96 bits per heavy atom. The Morgan fingerprint density at radius 3 is 2.56 bits per heavy atom. The zero-order valence-corrected chi connectivity index (χ0v) is 15.6. The first-order valence-electron chi connectivity index (χ1n) is 8.88. The van der Waals surface area contributed by atoms with Crippen LogP contribution in [-0.4, -0.2) is 61.1 Å². The number of carbonyl (C=O) groups excluding carboxylic acids is 2. The van der Waals surface area contributed by atoms with Gasteiger partial charge in [-0.25, -0.2) is 4.79 Å². The normalized spacial score (nSPS) is 17.8. The molecule has 1 N–H and O–H groups in total. The Labute approximate surface area is 150 Å². The molecule has 1 aliphatic rings. The van der Waals surface area contributed by atoms with Crippen molar-refractivity contribution in [3.05, 3.63) is 29.8 Å². The van der Waals surface area contributed by atoms with E-state index >= 15 is 0 Å². The number of benzene rings is 1. The number of hydrogen-bond donors (Lipinski definition) is 1. The third kappa shape index (κ3) is 5.11. The number of nitrogens with one attached hydrogen (secondary N) is 1. The van der Waals surface area contributed by atoms with E-state index in [0.29, 0.717) is 25.6 Å². The van der Waals surface area contributed by atoms with Gasteiger partial charge in [-0.3, -0.25) is 4.79 Å². The van der Waals surface area contributed by atoms with Gasteiger partial charge in [0.15, 0.2) is 0 Å². The predicted octanol–water partition coefficient (Wildman–Crippen LogP) is 2.14. The summed E-state index contributed by atoms with van der Waals surface area (Å²) in [6, 6.07) is 7.22. The number of hydrogen-bond acceptors (Lipinski definition) is 3. The number of ether oxygens (including phenoxy) is 1. The Balaban J connectivity index is 1.81. The molecule has 1 saturated heterocycles. The van der Waals surface area contributed by atoms with Gasteiger partial charge < -0.3 is 19.9 Å². The van der Waals surface area contributed by atoms with Crippen LogP contribution < -0.4 is 10.1 Å². The first kappa shape index (κ1) is 19.1. The molecule has 0 spiro atoms. The number of carbonyl (C=O) groups is 2. The molecule has 1 aliphatic heterocycles. The molecule has 0 aliphatic carbocycles. The van der Waals surface area contributed by atoms with Gasteiger partial charge >= 0.3 is 6.03 Å². The second-order valence-corrected chi connectivity index (χ2v) is 6.88. The highest BCUT2D eigenvalue weighted by molar-refractivity contribution is 5.88. The molecule has 6 heteroatoms. The minimum absolute atomic E-state index is 0.0326. The lowest BCUT2D eigenvalue weighted by molar-refractivity contribution is -0.139. The van der Waals surface area contributed by atoms with Gasteiger partial charge in [0.1, 0.15) is 11.8 Å². The van der Waals surface area contributed by atoms with Crippen molar-refractivity contribution in [2.45, 2.75) is 33.2 Å². The van der Waals surface area contributed by atoms with Gasteiger partial charge in [0.25, 0.3) is 0 Å². The van der Waals surface area contributed by atoms with Gasteiger partial charge in [0.2, 0.25) is 5.91 Å². The Morgan fingerprint density at radius 1 is 1.28 bits per heavy atom. The van der Waals surface area contributed by atoms with Crippen molar-refractivity contribution < 1.29 is 14.3 Å². The lowest BCUT2D eigenvalue weighted by Crippen LogP contribution is -2.60. The summed E-state index contributed by atoms with van der Waals surface area (Å²) >= 11 is 0. The first-order valence-corrected chi connectivity index (χ1v) is 8.88. The molecule has 0 saturated carbocycles. The van der Waals surface area contributed by atoms with Crippen molar-refractivity contribution in [3.8, 4) is 5.75 Å². The SMILES string of the molecule is COc1ccc(CCNC(=O)N2CCN(CC(C)C)C(=O)[C@H]2C)cc1. The molecule has 1 heterocycles. The lowest BCUT2D eigenvalue weighted by atomic mass is 10.1. The van der Waals surface area contributed by atoms with Gasteiger partial charge in [-0.2, -0.15) is 0 Å². The van der Waals surface area contributed by atoms with Crippen LogP contribution in [0.3, 0.4) is 0 Å². The highest BCUT2D eigenvalue weighted by atomic mass is 16.5. The van der Waals surface area contributed by atoms with E-state index in [2.05, 4.69) is 19.2 Å². The molecule has 3 amide bonds. The van der Waals surface area contributed by atoms with E-state index in [4.69, 9.17) is 4.74 Å². The van der Waals surface area contributed by atoms with Gasteiger partial charge in [0, 0.05) is 26.2 Å². The van der Waals surface area contributed by atoms with E-state index in [0.717, 1.165) is 24.3 Å². The maximum atomic E-state index is 12.4. The molecule has 138 valence electrons. The van der Waals surface area contributed by atoms with E-state index in [1.807, 2.05) is 29.2 Å². The third-order valence-electron chi connectivity index (χ3n) is 4.44. The Kier molecular flexibility index (Phi) is 6.67. The van der Waals surface area contributed by atoms with E-state index in [-0.39, 0.29) is 11.9 Å². The highest BCUT2D eigenvalue weighted by Gasteiger charge is 2.34. The fourth-order valence-corrected chi connectivity index (χ4v) is 3.04. The van der Waals surface area contributed by atoms with Crippen LogP contribution in [0, 0.1) is 5.92 Å². The van der Waals surface area contributed by atoms with Crippen molar-refractivity contribution in [2.24, 2.45) is 5.92 Å². The molecule has 0 bridgehead atoms. The molecule has 2 rings (SSSR count). The quantitative estimate of drug-likeness (QED) is 0.857. The van der Waals surface area contributed by atoms with E-state index in [1.54, 1.807) is 18.9 Å². The number of nitrogens with zero attached hydrogens (tertiary/aromatic N) is 2. The first-order chi connectivity index (χ1) is 11.9. The van der Waals surface area contributed by atoms with Crippen LogP contribution in [0.25, 0.3) is 0 Å². The lowest BCUT2D eigenvalue weighted by Gasteiger charge is -2.39. The average Bonchev–Trinajstić information content (AvgIpc) is 2.59. The van der Waals surface area contributed by atoms with Gasteiger partial charge in [-0.15, -0.1) is 0 Å². The minimum Gasteiger partial charge on any atom is -0.497 e. The molecule has 1 aromatic carbocycles. The van der Waals surface area contributed by atoms with Gasteiger partial charge in [0.05, 0.1) is 7.11 Å². The molecular weight excluding hydrogens is 318 g/mol. The maximum Gasteiger partial charge on any atom is 0.318 e. The predicted molar refractivity (Wildman–Crippen MR) is 97.7 cm³/mol. The van der Waals surface area contributed by atoms with E-state index in [1.165, 1.54) is 0 Å². The van der Waals surface area contributed by atoms with Crippen LogP contribution in [0.4, 0.5) is 4.79 Å². The zero-order chi connectivity index (χ0) is 18.4. The summed E-state index contributed by atoms with van der Waals surface area (Å²) in [5.74, 6) is 1.28. The van der Waals surface area contributed by atoms with Gasteiger partial charge in [-0.1, -0.05) is 26.0 Å². The minimum atomic E-state index is -0.409. The Bertz CT molecular complexity index is 586. The summed E-state index contributed by atoms with van der Waals surface area (Å²) in [5.41, 5.74) is 1.13. The molecule has 0 aromatic heterocycles. The molecular formula is C19H29N3O3. The van der Waals surface area contributed by atoms with Crippen LogP contribution in [-0.2, 0) is 11.2 Å². The zero-order valence-electron chi connectivity index (χ0n) is 15.6. The fraction of sp³-hybridized carbons (Fsp3) is 0.579. The summed E-state index contributed by atoms with van der Waals surface area (Å²) < 4.78 is 5.13. The topological polar surface area (TPSA) is 61.9 Å². The largest absolute Gasteiger partial charge is 0.497 e. The number of urea groups is 1. The molecule has 25 heavy (non-hydrogen) atoms. The van der Waals surface area contributed by atoms with Crippen LogP contribution in [0.1, 0.15) is 26.3 Å². The van der Waals surface area contributed by atoms with E-state index < -0.39 is 6.04 Å². The summed E-state index contributed by atoms with van der Waals surface area (Å²) in [6.07, 6.45) is 0.741. The fourth-order valence-electron chi connectivity index (χ4n) is 3.04. The smallest absolute Gasteiger partial charge is 0.318 e. The van der Waals surface area contributed by atoms with Crippen LogP contribution in [0.5, 0.6) is 5.75 Å². The van der Waals surface area contributed by atoms with Gasteiger partial charge in [-0.05, 0) is 37.0 Å². The highest BCUT2D eigenvalue weighted by Crippen LogP contribution is 2.14. The second-order valence-electron chi connectivity index (χ2n) is 6.88. The molecule has 1 fully saturated rings. The van der Waals surface area contributed by atoms with E-state index in [9.17, 15) is 9.59 Å². The molecule has 6 nitrogen and oxygen atoms in total. The summed E-state index contributed by atoms with van der Waals surface area (Å²) in [4.78, 5) is 28.3. The summed E-state index contributed by atoms with van der Waals surface area (Å²) in [7, 11) is 1.64. The standard InChI is InChI=1S/C19H29N3O3/c1-14(2)13-21-11-12-22(15(3)18(21)23)19(24)20-10-9-16-5-7-17(25-4)8-6-16/h5-8,14-15H,9-13H2,1-4H3,(H,20,24)/t15-/m1/s1. The molecule has 1 aromatic rings. The number of amides is 3. The van der Waals surface area contributed by atoms with Crippen molar-refractivity contribution in [2.75, 3.05) is 33.3 Å². The molecule has 0 radical (unpaired) electrons. The second kappa shape index (κ2) is 8.74. The van der Waals surface area contributed by atoms with Crippen LogP contribution in [0.15, 0.2) is 24.3 Å². The van der Waals surface area contributed by atoms with Crippen molar-refractivity contribution in [3.63, 3.8) is 0 Å². The molecule has 1 atom stereocenters. The Hall–Kier alpha value is -2.24. The summed E-state index contributed by atoms with van der Waals surface area (Å²) in [5, 5.41) is 2.92. The van der Waals surface area contributed by atoms with Crippen molar-refractivity contribution in [1.29, 1.82) is 0 Å². The number of rotatable bonds is 6. The third-order valence-corrected chi connectivity index (χ3v) is 4.44. The summed E-state index contributed by atoms with van der Waals surface area (Å²) in [6.45, 7) is 8.46. The monoisotopic (exact) mass is 347 g/mol. The van der Waals surface area contributed by atoms with Crippen molar-refractivity contribution >= 4 is 11.9 Å². The van der Waals surface area contributed by atoms with Crippen molar-refractivity contribution in [1.82, 2.24) is 15.1 Å². The number of methoxy groups -OCH3 is 1. The number of piperazine rings is 1. The maximum absolute atomic E-state index is 12.4. The molecule has 0 unspecified atom stereocenters. The van der Waals surface area contributed by atoms with Crippen LogP contribution in [0.2, 0.25) is 0 Å². The average molecular weight is 347 g/mol. The van der Waals surface area contributed by atoms with Crippen LogP contribution >= 0.6 is 0 Å².